The van der Waals surface area contributed by atoms with Crippen LogP contribution in [0.3, 0.4) is 0 Å². The van der Waals surface area contributed by atoms with Crippen molar-refractivity contribution in [3.05, 3.63) is 95.1 Å². The van der Waals surface area contributed by atoms with Crippen LogP contribution in [0.2, 0.25) is 5.04 Å². The van der Waals surface area contributed by atoms with E-state index in [4.69, 9.17) is 9.16 Å². The Morgan fingerprint density at radius 3 is 1.71 bits per heavy atom. The maximum Gasteiger partial charge on any atom is 0.319 e. The Morgan fingerprint density at radius 2 is 1.21 bits per heavy atom. The lowest BCUT2D eigenvalue weighted by Gasteiger charge is -2.43. The Balaban J connectivity index is 1.61. The summed E-state index contributed by atoms with van der Waals surface area (Å²) in [5.74, 6) is 4.48. The van der Waals surface area contributed by atoms with Crippen LogP contribution in [-0.4, -0.2) is 14.9 Å². The number of benzene rings is 3. The molecule has 3 rings (SSSR count). The van der Waals surface area contributed by atoms with Gasteiger partial charge in [0, 0.05) is 0 Å². The molecular weight excluding hydrogens is 601 g/mol. The average Bonchev–Trinajstić information content (AvgIpc) is 3.03. The number of aryl methyl sites for hydroxylation is 1. The number of rotatable bonds is 19. The summed E-state index contributed by atoms with van der Waals surface area (Å²) in [6, 6.07) is 24.0. The van der Waals surface area contributed by atoms with Gasteiger partial charge in [0.1, 0.15) is 18.1 Å². The van der Waals surface area contributed by atoms with E-state index < -0.39 is 8.32 Å². The molecule has 48 heavy (non-hydrogen) atoms. The predicted molar refractivity (Wildman–Crippen MR) is 213 cm³/mol. The van der Waals surface area contributed by atoms with Crippen LogP contribution >= 0.6 is 0 Å². The zero-order valence-corrected chi connectivity index (χ0v) is 33.5. The molecule has 0 radical (unpaired) electrons. The molecule has 0 spiro atoms. The van der Waals surface area contributed by atoms with Crippen molar-refractivity contribution >= 4 is 18.7 Å². The molecule has 0 fully saturated rings. The van der Waals surface area contributed by atoms with E-state index in [0.717, 1.165) is 52.4 Å². The van der Waals surface area contributed by atoms with E-state index >= 15 is 0 Å². The van der Waals surface area contributed by atoms with Crippen molar-refractivity contribution in [1.82, 2.24) is 0 Å². The number of hydrogen-bond donors (Lipinski definition) is 0. The van der Waals surface area contributed by atoms with Gasteiger partial charge < -0.3 is 9.16 Å². The van der Waals surface area contributed by atoms with Crippen LogP contribution in [0.15, 0.2) is 78.4 Å². The highest BCUT2D eigenvalue weighted by Crippen LogP contribution is 2.41. The molecule has 0 aromatic heterocycles. The van der Waals surface area contributed by atoms with Gasteiger partial charge in [-0.2, -0.15) is 0 Å². The minimum atomic E-state index is -2.72. The van der Waals surface area contributed by atoms with Crippen LogP contribution in [0.4, 0.5) is 0 Å². The predicted octanol–water partition coefficient (Wildman–Crippen LogP) is 12.3. The Bertz CT molecular complexity index is 1360. The average molecular weight is 669 g/mol. The van der Waals surface area contributed by atoms with Crippen LogP contribution in [0.25, 0.3) is 0 Å². The lowest BCUT2D eigenvalue weighted by atomic mass is 9.91. The SMILES string of the molecule is C/C(=C\COc1c(C)cc(O[Si](c2ccccc2)(c2ccccc2)C(C)(C)C)c(C)c1C)CCC[C@H](C)CCC[C@H](C)CCCC(C)C. The van der Waals surface area contributed by atoms with E-state index in [9.17, 15) is 0 Å². The molecule has 0 aliphatic carbocycles. The fraction of sp³-hybridized carbons (Fsp3) is 0.556. The third-order valence-corrected chi connectivity index (χ3v) is 15.4. The van der Waals surface area contributed by atoms with E-state index in [1.54, 1.807) is 0 Å². The second-order valence-corrected chi connectivity index (χ2v) is 20.5. The van der Waals surface area contributed by atoms with Gasteiger partial charge in [-0.1, -0.05) is 160 Å². The van der Waals surface area contributed by atoms with Gasteiger partial charge in [0.15, 0.2) is 0 Å². The summed E-state index contributed by atoms with van der Waals surface area (Å²) >= 11 is 0. The van der Waals surface area contributed by atoms with Gasteiger partial charge in [-0.15, -0.1) is 0 Å². The van der Waals surface area contributed by atoms with Gasteiger partial charge in [-0.25, -0.2) is 0 Å². The molecule has 0 saturated carbocycles. The van der Waals surface area contributed by atoms with Crippen LogP contribution in [0.5, 0.6) is 11.5 Å². The van der Waals surface area contributed by atoms with Gasteiger partial charge in [0.25, 0.3) is 0 Å². The third-order valence-electron chi connectivity index (χ3n) is 10.5. The number of hydrogen-bond acceptors (Lipinski definition) is 2. The van der Waals surface area contributed by atoms with Crippen molar-refractivity contribution in [2.75, 3.05) is 6.61 Å². The zero-order chi connectivity index (χ0) is 35.3. The third kappa shape index (κ3) is 11.1. The quantitative estimate of drug-likeness (QED) is 0.0935. The maximum absolute atomic E-state index is 7.42. The summed E-state index contributed by atoms with van der Waals surface area (Å²) in [6.45, 7) is 26.0. The minimum Gasteiger partial charge on any atom is -0.534 e. The Morgan fingerprint density at radius 1 is 0.708 bits per heavy atom. The highest BCUT2D eigenvalue weighted by molar-refractivity contribution is 7.00. The van der Waals surface area contributed by atoms with Crippen molar-refractivity contribution in [2.45, 2.75) is 139 Å². The molecule has 0 aliphatic rings. The Labute approximate surface area is 296 Å². The maximum atomic E-state index is 7.42. The normalized spacial score (nSPS) is 13.9. The molecule has 0 heterocycles. The van der Waals surface area contributed by atoms with Gasteiger partial charge >= 0.3 is 8.32 Å². The van der Waals surface area contributed by atoms with Crippen molar-refractivity contribution in [1.29, 1.82) is 0 Å². The molecule has 2 atom stereocenters. The van der Waals surface area contributed by atoms with E-state index in [1.165, 1.54) is 67.3 Å². The van der Waals surface area contributed by atoms with Crippen molar-refractivity contribution < 1.29 is 9.16 Å². The lowest BCUT2D eigenvalue weighted by Crippen LogP contribution is -2.68. The molecular formula is C45H68O2Si. The molecule has 0 unspecified atom stereocenters. The highest BCUT2D eigenvalue weighted by atomic mass is 28.4. The molecule has 0 amide bonds. The molecule has 3 aromatic rings. The summed E-state index contributed by atoms with van der Waals surface area (Å²) in [4.78, 5) is 0. The summed E-state index contributed by atoms with van der Waals surface area (Å²) < 4.78 is 13.9. The van der Waals surface area contributed by atoms with Crippen LogP contribution in [0, 0.1) is 38.5 Å². The zero-order valence-electron chi connectivity index (χ0n) is 32.5. The second kappa shape index (κ2) is 18.8. The largest absolute Gasteiger partial charge is 0.534 e. The van der Waals surface area contributed by atoms with Crippen molar-refractivity contribution in [3.8, 4) is 11.5 Å². The van der Waals surface area contributed by atoms with Crippen molar-refractivity contribution in [2.24, 2.45) is 17.8 Å². The molecule has 3 aromatic carbocycles. The molecule has 0 N–H and O–H groups in total. The van der Waals surface area contributed by atoms with Gasteiger partial charge in [-0.3, -0.25) is 0 Å². The van der Waals surface area contributed by atoms with Crippen molar-refractivity contribution in [3.63, 3.8) is 0 Å². The first-order chi connectivity index (χ1) is 22.8. The van der Waals surface area contributed by atoms with Crippen LogP contribution in [-0.2, 0) is 0 Å². The van der Waals surface area contributed by atoms with E-state index in [-0.39, 0.29) is 5.04 Å². The topological polar surface area (TPSA) is 18.5 Å². The smallest absolute Gasteiger partial charge is 0.319 e. The summed E-state index contributed by atoms with van der Waals surface area (Å²) in [5, 5.41) is 2.48. The summed E-state index contributed by atoms with van der Waals surface area (Å²) in [5.41, 5.74) is 4.88. The first-order valence-electron chi connectivity index (χ1n) is 19.0. The summed E-state index contributed by atoms with van der Waals surface area (Å²) in [6.07, 6.45) is 14.3. The Kier molecular flexibility index (Phi) is 15.6. The van der Waals surface area contributed by atoms with Crippen LogP contribution in [0.1, 0.15) is 130 Å². The Hall–Kier alpha value is -2.78. The lowest BCUT2D eigenvalue weighted by molar-refractivity contribution is 0.355. The molecule has 0 aliphatic heterocycles. The molecule has 264 valence electrons. The number of ether oxygens (including phenoxy) is 1. The molecule has 3 heteroatoms. The van der Waals surface area contributed by atoms with Gasteiger partial charge in [0.2, 0.25) is 0 Å². The standard InChI is InChI=1S/C45H68O2Si/c1-34(2)21-18-22-35(3)23-19-24-36(4)25-20-26-37(5)31-32-46-44-38(6)33-43(39(7)40(44)8)47-48(45(9,10)11,41-27-14-12-15-28-41)42-29-16-13-17-30-42/h12-17,27-31,33-36H,18-26,32H2,1-11H3/b37-31+/t35-,36-/m1/s1. The van der Waals surface area contributed by atoms with Crippen LogP contribution < -0.4 is 19.5 Å². The molecule has 0 bridgehead atoms. The van der Waals surface area contributed by atoms with E-state index in [2.05, 4.69) is 149 Å². The van der Waals surface area contributed by atoms with E-state index in [1.807, 2.05) is 0 Å². The first kappa shape index (κ1) is 39.7. The van der Waals surface area contributed by atoms with E-state index in [0.29, 0.717) is 6.61 Å². The first-order valence-corrected chi connectivity index (χ1v) is 20.9. The summed E-state index contributed by atoms with van der Waals surface area (Å²) in [7, 11) is -2.72. The monoisotopic (exact) mass is 668 g/mol. The minimum absolute atomic E-state index is 0.0926. The fourth-order valence-corrected chi connectivity index (χ4v) is 11.7. The second-order valence-electron chi connectivity index (χ2n) is 16.3. The molecule has 0 saturated heterocycles. The van der Waals surface area contributed by atoms with Gasteiger partial charge in [0.05, 0.1) is 0 Å². The molecule has 2 nitrogen and oxygen atoms in total. The number of allylic oxidation sites excluding steroid dienone is 1. The van der Waals surface area contributed by atoms with Gasteiger partial charge in [-0.05, 0) is 103 Å². The highest BCUT2D eigenvalue weighted by Gasteiger charge is 2.52. The fourth-order valence-electron chi connectivity index (χ4n) is 7.24.